The molecule has 0 spiro atoms. The van der Waals surface area contributed by atoms with E-state index in [1.54, 1.807) is 0 Å². The maximum Gasteiger partial charge on any atom is 0.117 e. The highest BCUT2D eigenvalue weighted by Gasteiger charge is 2.04. The Morgan fingerprint density at radius 2 is 2.09 bits per heavy atom. The SMILES string of the molecule is O=C([O-])[C@H](O)COP(=O)([O-])[O-]. The highest BCUT2D eigenvalue weighted by molar-refractivity contribution is 7.43. The molecule has 0 aromatic carbocycles. The zero-order chi connectivity index (χ0) is 9.07. The van der Waals surface area contributed by atoms with E-state index in [0.717, 1.165) is 0 Å². The fraction of sp³-hybridized carbons (Fsp3) is 0.667. The third-order valence-electron chi connectivity index (χ3n) is 0.663. The van der Waals surface area contributed by atoms with Crippen molar-refractivity contribution in [3.63, 3.8) is 0 Å². The van der Waals surface area contributed by atoms with Crippen LogP contribution in [0.15, 0.2) is 0 Å². The van der Waals surface area contributed by atoms with E-state index in [2.05, 4.69) is 4.52 Å². The van der Waals surface area contributed by atoms with Gasteiger partial charge in [-0.05, 0) is 0 Å². The van der Waals surface area contributed by atoms with Gasteiger partial charge in [-0.15, -0.1) is 0 Å². The molecule has 7 nitrogen and oxygen atoms in total. The Morgan fingerprint density at radius 1 is 1.64 bits per heavy atom. The zero-order valence-electron chi connectivity index (χ0n) is 5.13. The summed E-state index contributed by atoms with van der Waals surface area (Å²) in [5.41, 5.74) is 0. The fourth-order valence-electron chi connectivity index (χ4n) is 0.230. The molecule has 0 unspecified atom stereocenters. The van der Waals surface area contributed by atoms with Gasteiger partial charge in [0.1, 0.15) is 6.10 Å². The topological polar surface area (TPSA) is 133 Å². The summed E-state index contributed by atoms with van der Waals surface area (Å²) in [6.45, 7) is -1.12. The van der Waals surface area contributed by atoms with Gasteiger partial charge in [0.25, 0.3) is 0 Å². The Balaban J connectivity index is 3.72. The number of aliphatic carboxylic acids is 1. The highest BCUT2D eigenvalue weighted by atomic mass is 31.2. The van der Waals surface area contributed by atoms with Gasteiger partial charge in [-0.2, -0.15) is 0 Å². The number of aliphatic hydroxyl groups is 1. The van der Waals surface area contributed by atoms with E-state index in [1.165, 1.54) is 0 Å². The van der Waals surface area contributed by atoms with Crippen LogP contribution >= 0.6 is 7.82 Å². The number of hydrogen-bond acceptors (Lipinski definition) is 7. The molecule has 11 heavy (non-hydrogen) atoms. The molecule has 0 amide bonds. The minimum Gasteiger partial charge on any atom is -0.790 e. The molecule has 0 aliphatic heterocycles. The van der Waals surface area contributed by atoms with Gasteiger partial charge in [0.15, 0.2) is 0 Å². The summed E-state index contributed by atoms with van der Waals surface area (Å²) >= 11 is 0. The number of hydrogen-bond donors (Lipinski definition) is 1. The van der Waals surface area contributed by atoms with E-state index >= 15 is 0 Å². The van der Waals surface area contributed by atoms with E-state index in [9.17, 15) is 24.3 Å². The van der Waals surface area contributed by atoms with Crippen LogP contribution in [0.4, 0.5) is 0 Å². The van der Waals surface area contributed by atoms with Gasteiger partial charge in [0.05, 0.1) is 20.4 Å². The van der Waals surface area contributed by atoms with Crippen LogP contribution in [0.2, 0.25) is 0 Å². The predicted molar refractivity (Wildman–Crippen MR) is 24.6 cm³/mol. The first-order valence-electron chi connectivity index (χ1n) is 2.38. The van der Waals surface area contributed by atoms with Gasteiger partial charge in [-0.3, -0.25) is 0 Å². The minimum absolute atomic E-state index is 1.12. The molecule has 0 saturated carbocycles. The average Bonchev–Trinajstić information content (AvgIpc) is 1.80. The minimum atomic E-state index is -5.21. The number of phosphoric ester groups is 1. The molecule has 0 aliphatic rings. The molecule has 0 aromatic rings. The van der Waals surface area contributed by atoms with Crippen LogP contribution in [-0.2, 0) is 13.9 Å². The summed E-state index contributed by atoms with van der Waals surface area (Å²) < 4.78 is 13.1. The van der Waals surface area contributed by atoms with Crippen molar-refractivity contribution in [3.05, 3.63) is 0 Å². The quantitative estimate of drug-likeness (QED) is 0.438. The summed E-state index contributed by atoms with van der Waals surface area (Å²) in [4.78, 5) is 29.0. The Labute approximate surface area is 61.5 Å². The maximum atomic E-state index is 9.68. The largest absolute Gasteiger partial charge is 0.790 e. The van der Waals surface area contributed by atoms with Crippen LogP contribution in [0.1, 0.15) is 0 Å². The lowest BCUT2D eigenvalue weighted by Crippen LogP contribution is -2.39. The first-order valence-corrected chi connectivity index (χ1v) is 3.84. The molecular formula is C3H4O7P-3. The van der Waals surface area contributed by atoms with Crippen molar-refractivity contribution in [2.24, 2.45) is 0 Å². The molecule has 0 rings (SSSR count). The van der Waals surface area contributed by atoms with E-state index < -0.39 is 26.5 Å². The Hall–Kier alpha value is -0.460. The summed E-state index contributed by atoms with van der Waals surface area (Å²) in [5, 5.41) is 18.0. The van der Waals surface area contributed by atoms with Gasteiger partial charge < -0.3 is 33.9 Å². The summed E-state index contributed by atoms with van der Waals surface area (Å²) in [6.07, 6.45) is -2.11. The molecule has 0 bridgehead atoms. The summed E-state index contributed by atoms with van der Waals surface area (Å²) in [5.74, 6) is -1.90. The molecule has 0 saturated heterocycles. The average molecular weight is 183 g/mol. The standard InChI is InChI=1S/C3H7O7P/c4-2(3(5)6)1-10-11(7,8)9/h2,4H,1H2,(H,5,6)(H2,7,8,9)/p-3/t2-/m1/s1. The van der Waals surface area contributed by atoms with E-state index in [0.29, 0.717) is 0 Å². The molecular weight excluding hydrogens is 179 g/mol. The number of carboxylic acid groups (broad SMARTS) is 1. The normalized spacial score (nSPS) is 14.5. The van der Waals surface area contributed by atoms with Gasteiger partial charge in [0, 0.05) is 0 Å². The molecule has 0 aliphatic carbocycles. The predicted octanol–water partition coefficient (Wildman–Crippen LogP) is -4.06. The van der Waals surface area contributed by atoms with Crippen LogP contribution in [-0.4, -0.2) is 23.8 Å². The number of carboxylic acids is 1. The summed E-state index contributed by atoms with van der Waals surface area (Å²) in [6, 6.07) is 0. The molecule has 0 radical (unpaired) electrons. The lowest BCUT2D eigenvalue weighted by Gasteiger charge is -2.29. The molecule has 1 N–H and O–H groups in total. The number of aliphatic hydroxyl groups excluding tert-OH is 1. The van der Waals surface area contributed by atoms with E-state index in [-0.39, 0.29) is 0 Å². The molecule has 0 fully saturated rings. The number of carbonyl (C=O) groups excluding carboxylic acids is 1. The van der Waals surface area contributed by atoms with Crippen LogP contribution in [0.25, 0.3) is 0 Å². The zero-order valence-corrected chi connectivity index (χ0v) is 6.02. The van der Waals surface area contributed by atoms with Crippen LogP contribution in [0, 0.1) is 0 Å². The van der Waals surface area contributed by atoms with Crippen LogP contribution in [0.3, 0.4) is 0 Å². The molecule has 8 heteroatoms. The third kappa shape index (κ3) is 5.96. The number of phosphoric acid groups is 1. The molecule has 0 aromatic heterocycles. The third-order valence-corrected chi connectivity index (χ3v) is 1.13. The van der Waals surface area contributed by atoms with Crippen molar-refractivity contribution in [2.75, 3.05) is 6.61 Å². The van der Waals surface area contributed by atoms with Crippen molar-refractivity contribution in [1.82, 2.24) is 0 Å². The lowest BCUT2D eigenvalue weighted by molar-refractivity contribution is -0.344. The van der Waals surface area contributed by atoms with E-state index in [1.807, 2.05) is 0 Å². The van der Waals surface area contributed by atoms with Crippen molar-refractivity contribution in [2.45, 2.75) is 6.10 Å². The van der Waals surface area contributed by atoms with Gasteiger partial charge in [-0.1, -0.05) is 0 Å². The van der Waals surface area contributed by atoms with Crippen LogP contribution in [0.5, 0.6) is 0 Å². The second-order valence-electron chi connectivity index (χ2n) is 1.58. The van der Waals surface area contributed by atoms with Gasteiger partial charge >= 0.3 is 0 Å². The van der Waals surface area contributed by atoms with Crippen molar-refractivity contribution >= 4 is 13.8 Å². The van der Waals surface area contributed by atoms with Crippen molar-refractivity contribution in [3.8, 4) is 0 Å². The number of rotatable bonds is 4. The van der Waals surface area contributed by atoms with Crippen molar-refractivity contribution < 1.29 is 33.9 Å². The first-order chi connectivity index (χ1) is 4.83. The first kappa shape index (κ1) is 10.5. The maximum absolute atomic E-state index is 9.68. The van der Waals surface area contributed by atoms with Crippen molar-refractivity contribution in [1.29, 1.82) is 0 Å². The lowest BCUT2D eigenvalue weighted by atomic mass is 10.4. The second-order valence-corrected chi connectivity index (χ2v) is 2.73. The Morgan fingerprint density at radius 3 is 2.36 bits per heavy atom. The van der Waals surface area contributed by atoms with Crippen LogP contribution < -0.4 is 14.9 Å². The van der Waals surface area contributed by atoms with Gasteiger partial charge in [-0.25, -0.2) is 0 Å². The molecule has 66 valence electrons. The smallest absolute Gasteiger partial charge is 0.117 e. The number of carbonyl (C=O) groups is 1. The highest BCUT2D eigenvalue weighted by Crippen LogP contribution is 2.24. The summed E-state index contributed by atoms with van der Waals surface area (Å²) in [7, 11) is -5.21. The second kappa shape index (κ2) is 3.80. The fourth-order valence-corrected chi connectivity index (χ4v) is 0.554. The monoisotopic (exact) mass is 183 g/mol. The Bertz CT molecular complexity index is 182. The molecule has 1 atom stereocenters. The van der Waals surface area contributed by atoms with Gasteiger partial charge in [0.2, 0.25) is 0 Å². The molecule has 0 heterocycles. The Kier molecular flexibility index (Phi) is 3.64. The van der Waals surface area contributed by atoms with E-state index in [4.69, 9.17) is 5.11 Å².